The summed E-state index contributed by atoms with van der Waals surface area (Å²) in [5.41, 5.74) is -0.0945. The average molecular weight is 307 g/mol. The minimum absolute atomic E-state index is 0.272. The van der Waals surface area contributed by atoms with Gasteiger partial charge in [0, 0.05) is 19.6 Å². The van der Waals surface area contributed by atoms with Crippen LogP contribution in [0.25, 0.3) is 0 Å². The molecule has 1 saturated heterocycles. The molecule has 2 fully saturated rings. The molecule has 2 atom stereocenters. The molecule has 1 saturated carbocycles. The number of carboxylic acids is 1. The summed E-state index contributed by atoms with van der Waals surface area (Å²) in [6.45, 7) is 1.61. The van der Waals surface area contributed by atoms with Crippen LogP contribution < -0.4 is 0 Å². The number of aliphatic hydroxyl groups excluding tert-OH is 1. The molecule has 0 bridgehead atoms. The number of halogens is 1. The summed E-state index contributed by atoms with van der Waals surface area (Å²) in [6, 6.07) is 6.29. The molecule has 1 aromatic carbocycles. The van der Waals surface area contributed by atoms with Gasteiger partial charge in [0.2, 0.25) is 0 Å². The molecule has 5 heteroatoms. The predicted octanol–water partition coefficient (Wildman–Crippen LogP) is 2.26. The molecule has 0 spiro atoms. The summed E-state index contributed by atoms with van der Waals surface area (Å²) in [5, 5.41) is 20.0. The standard InChI is InChI=1S/C17H22FNO3/c18-14-5-3-13(4-6-14)10-19-8-7-15(20)17(11-19,16(21)22)9-12-1-2-12/h3-6,12,15,20H,1-2,7-11H2,(H,21,22)/t15-,17+/m0/s1. The Morgan fingerprint density at radius 2 is 1.95 bits per heavy atom. The van der Waals surface area contributed by atoms with Crippen LogP contribution in [0.2, 0.25) is 0 Å². The van der Waals surface area contributed by atoms with Crippen LogP contribution in [0.15, 0.2) is 24.3 Å². The van der Waals surface area contributed by atoms with E-state index in [9.17, 15) is 19.4 Å². The minimum Gasteiger partial charge on any atom is -0.481 e. The van der Waals surface area contributed by atoms with Gasteiger partial charge in [-0.3, -0.25) is 9.69 Å². The van der Waals surface area contributed by atoms with Gasteiger partial charge in [-0.15, -0.1) is 0 Å². The average Bonchev–Trinajstić information content (AvgIpc) is 3.29. The van der Waals surface area contributed by atoms with Gasteiger partial charge in [0.05, 0.1) is 6.10 Å². The van der Waals surface area contributed by atoms with Crippen LogP contribution in [0, 0.1) is 17.2 Å². The smallest absolute Gasteiger partial charge is 0.313 e. The monoisotopic (exact) mass is 307 g/mol. The molecule has 0 radical (unpaired) electrons. The lowest BCUT2D eigenvalue weighted by molar-refractivity contribution is -0.165. The molecule has 22 heavy (non-hydrogen) atoms. The summed E-state index contributed by atoms with van der Waals surface area (Å²) in [5.74, 6) is -0.723. The van der Waals surface area contributed by atoms with Crippen LogP contribution in [-0.4, -0.2) is 40.3 Å². The van der Waals surface area contributed by atoms with Crippen molar-refractivity contribution in [1.82, 2.24) is 4.90 Å². The summed E-state index contributed by atoms with van der Waals surface area (Å²) in [7, 11) is 0. The van der Waals surface area contributed by atoms with Crippen molar-refractivity contribution in [2.24, 2.45) is 11.3 Å². The number of benzene rings is 1. The lowest BCUT2D eigenvalue weighted by atomic mass is 9.73. The number of hydrogen-bond acceptors (Lipinski definition) is 3. The predicted molar refractivity (Wildman–Crippen MR) is 79.7 cm³/mol. The molecule has 1 aliphatic heterocycles. The largest absolute Gasteiger partial charge is 0.481 e. The first kappa shape index (κ1) is 15.4. The maximum Gasteiger partial charge on any atom is 0.313 e. The fourth-order valence-electron chi connectivity index (χ4n) is 3.48. The number of nitrogens with zero attached hydrogens (tertiary/aromatic N) is 1. The zero-order valence-corrected chi connectivity index (χ0v) is 12.5. The van der Waals surface area contributed by atoms with Gasteiger partial charge in [-0.2, -0.15) is 0 Å². The Labute approximate surface area is 129 Å². The lowest BCUT2D eigenvalue weighted by Gasteiger charge is -2.43. The van der Waals surface area contributed by atoms with Gasteiger partial charge in [0.25, 0.3) is 0 Å². The van der Waals surface area contributed by atoms with Gasteiger partial charge < -0.3 is 10.2 Å². The third-order valence-electron chi connectivity index (χ3n) is 4.96. The number of hydrogen-bond donors (Lipinski definition) is 2. The molecule has 0 amide bonds. The highest BCUT2D eigenvalue weighted by atomic mass is 19.1. The molecule has 3 rings (SSSR count). The fourth-order valence-corrected chi connectivity index (χ4v) is 3.48. The molecule has 1 aromatic rings. The second-order valence-electron chi connectivity index (χ2n) is 6.75. The van der Waals surface area contributed by atoms with E-state index in [4.69, 9.17) is 0 Å². The van der Waals surface area contributed by atoms with Crippen LogP contribution >= 0.6 is 0 Å². The summed E-state index contributed by atoms with van der Waals surface area (Å²) >= 11 is 0. The Morgan fingerprint density at radius 1 is 1.27 bits per heavy atom. The van der Waals surface area contributed by atoms with E-state index in [1.165, 1.54) is 12.1 Å². The van der Waals surface area contributed by atoms with Crippen molar-refractivity contribution in [1.29, 1.82) is 0 Å². The van der Waals surface area contributed by atoms with Gasteiger partial charge >= 0.3 is 5.97 Å². The lowest BCUT2D eigenvalue weighted by Crippen LogP contribution is -2.55. The van der Waals surface area contributed by atoms with Crippen LogP contribution in [-0.2, 0) is 11.3 Å². The van der Waals surface area contributed by atoms with Crippen molar-refractivity contribution >= 4 is 5.97 Å². The first-order valence-electron chi connectivity index (χ1n) is 7.88. The summed E-state index contributed by atoms with van der Waals surface area (Å²) in [6.07, 6.45) is 2.39. The Kier molecular flexibility index (Phi) is 4.19. The van der Waals surface area contributed by atoms with E-state index in [2.05, 4.69) is 4.90 Å². The second-order valence-corrected chi connectivity index (χ2v) is 6.75. The number of piperidine rings is 1. The number of aliphatic carboxylic acids is 1. The molecular formula is C17H22FNO3. The molecule has 1 heterocycles. The molecule has 0 unspecified atom stereocenters. The Morgan fingerprint density at radius 3 is 2.55 bits per heavy atom. The minimum atomic E-state index is -1.06. The topological polar surface area (TPSA) is 60.8 Å². The third-order valence-corrected chi connectivity index (χ3v) is 4.96. The highest BCUT2D eigenvalue weighted by Crippen LogP contribution is 2.45. The zero-order chi connectivity index (χ0) is 15.7. The zero-order valence-electron chi connectivity index (χ0n) is 12.5. The van der Waals surface area contributed by atoms with E-state index in [1.807, 2.05) is 0 Å². The maximum absolute atomic E-state index is 13.0. The normalized spacial score (nSPS) is 29.5. The first-order valence-corrected chi connectivity index (χ1v) is 7.88. The molecule has 4 nitrogen and oxygen atoms in total. The summed E-state index contributed by atoms with van der Waals surface area (Å²) in [4.78, 5) is 13.9. The third kappa shape index (κ3) is 3.15. The maximum atomic E-state index is 13.0. The van der Waals surface area contributed by atoms with E-state index >= 15 is 0 Å². The van der Waals surface area contributed by atoms with E-state index in [-0.39, 0.29) is 5.82 Å². The number of aliphatic hydroxyl groups is 1. The Bertz CT molecular complexity index is 543. The number of rotatable bonds is 5. The highest BCUT2D eigenvalue weighted by molar-refractivity contribution is 5.76. The first-order chi connectivity index (χ1) is 10.5. The van der Waals surface area contributed by atoms with Gasteiger partial charge in [0.15, 0.2) is 0 Å². The molecule has 0 aromatic heterocycles. The molecule has 1 aliphatic carbocycles. The molecule has 2 N–H and O–H groups in total. The van der Waals surface area contributed by atoms with E-state index in [0.29, 0.717) is 38.4 Å². The number of carbonyl (C=O) groups is 1. The number of likely N-dealkylation sites (tertiary alicyclic amines) is 1. The van der Waals surface area contributed by atoms with Crippen LogP contribution in [0.5, 0.6) is 0 Å². The van der Waals surface area contributed by atoms with Gasteiger partial charge in [0.1, 0.15) is 11.2 Å². The van der Waals surface area contributed by atoms with Gasteiger partial charge in [-0.1, -0.05) is 25.0 Å². The molecule has 120 valence electrons. The quantitative estimate of drug-likeness (QED) is 0.876. The van der Waals surface area contributed by atoms with Crippen molar-refractivity contribution in [3.8, 4) is 0 Å². The number of carboxylic acid groups (broad SMARTS) is 1. The second kappa shape index (κ2) is 5.97. The van der Waals surface area contributed by atoms with Gasteiger partial charge in [-0.25, -0.2) is 4.39 Å². The Balaban J connectivity index is 1.73. The van der Waals surface area contributed by atoms with Gasteiger partial charge in [-0.05, 0) is 36.5 Å². The van der Waals surface area contributed by atoms with Crippen molar-refractivity contribution < 1.29 is 19.4 Å². The van der Waals surface area contributed by atoms with Crippen molar-refractivity contribution in [3.63, 3.8) is 0 Å². The summed E-state index contributed by atoms with van der Waals surface area (Å²) < 4.78 is 13.0. The molecule has 2 aliphatic rings. The highest BCUT2D eigenvalue weighted by Gasteiger charge is 2.51. The van der Waals surface area contributed by atoms with E-state index < -0.39 is 17.5 Å². The van der Waals surface area contributed by atoms with Crippen LogP contribution in [0.4, 0.5) is 4.39 Å². The van der Waals surface area contributed by atoms with Crippen LogP contribution in [0.1, 0.15) is 31.2 Å². The van der Waals surface area contributed by atoms with E-state index in [0.717, 1.165) is 18.4 Å². The van der Waals surface area contributed by atoms with Crippen molar-refractivity contribution in [2.45, 2.75) is 38.3 Å². The van der Waals surface area contributed by atoms with E-state index in [1.54, 1.807) is 12.1 Å². The SMILES string of the molecule is O=C(O)[C@]1(CC2CC2)CN(Cc2ccc(F)cc2)CC[C@@H]1O. The fraction of sp³-hybridized carbons (Fsp3) is 0.588. The molecular weight excluding hydrogens is 285 g/mol. The van der Waals surface area contributed by atoms with Crippen LogP contribution in [0.3, 0.4) is 0 Å². The van der Waals surface area contributed by atoms with Crippen molar-refractivity contribution in [3.05, 3.63) is 35.6 Å². The Hall–Kier alpha value is -1.46. The van der Waals surface area contributed by atoms with Crippen molar-refractivity contribution in [2.75, 3.05) is 13.1 Å².